The van der Waals surface area contributed by atoms with Crippen LogP contribution in [0.2, 0.25) is 0 Å². The Hall–Kier alpha value is -3.98. The van der Waals surface area contributed by atoms with Crippen molar-refractivity contribution < 1.29 is 28.9 Å². The molecule has 1 unspecified atom stereocenters. The Labute approximate surface area is 218 Å². The number of carboxylic acids is 1. The molecule has 0 radical (unpaired) electrons. The van der Waals surface area contributed by atoms with Gasteiger partial charge in [0.05, 0.1) is 16.2 Å². The molecule has 1 fully saturated rings. The Morgan fingerprint density at radius 1 is 1.46 bits per heavy atom. The number of nitrogens with one attached hydrogen (secondary N) is 2. The first kappa shape index (κ1) is 24.7. The zero-order valence-corrected chi connectivity index (χ0v) is 21.4. The fraction of sp³-hybridized carbons (Fsp3) is 0.318. The molecule has 0 bridgehead atoms. The predicted octanol–water partition coefficient (Wildman–Crippen LogP) is 0.241. The molecule has 13 nitrogen and oxygen atoms in total. The summed E-state index contributed by atoms with van der Waals surface area (Å²) in [5, 5.41) is 23.1. The van der Waals surface area contributed by atoms with Crippen LogP contribution in [0.25, 0.3) is 10.2 Å². The van der Waals surface area contributed by atoms with E-state index in [0.29, 0.717) is 17.9 Å². The van der Waals surface area contributed by atoms with Crippen molar-refractivity contribution in [1.29, 1.82) is 0 Å². The lowest BCUT2D eigenvalue weighted by Gasteiger charge is -2.49. The molecule has 5 heterocycles. The van der Waals surface area contributed by atoms with Gasteiger partial charge in [-0.3, -0.25) is 19.6 Å². The Bertz CT molecular complexity index is 1480. The van der Waals surface area contributed by atoms with Crippen LogP contribution in [0.1, 0.15) is 17.6 Å². The molecular formula is C22H23N8O5S2+. The van der Waals surface area contributed by atoms with Crippen molar-refractivity contribution in [2.75, 3.05) is 18.6 Å². The van der Waals surface area contributed by atoms with E-state index in [1.807, 2.05) is 30.0 Å². The fourth-order valence-corrected chi connectivity index (χ4v) is 6.49. The number of β-lactam (4-membered cyclic amide) rings is 1. The van der Waals surface area contributed by atoms with Crippen molar-refractivity contribution in [2.45, 2.75) is 31.3 Å². The molecule has 2 aliphatic heterocycles. The molecule has 0 spiro atoms. The second kappa shape index (κ2) is 9.82. The van der Waals surface area contributed by atoms with E-state index in [4.69, 9.17) is 10.6 Å². The van der Waals surface area contributed by atoms with Crippen LogP contribution in [0, 0.1) is 0 Å². The molecule has 0 saturated carbocycles. The van der Waals surface area contributed by atoms with Gasteiger partial charge in [0.25, 0.3) is 11.8 Å². The van der Waals surface area contributed by atoms with Crippen molar-refractivity contribution in [2.24, 2.45) is 5.16 Å². The van der Waals surface area contributed by atoms with Gasteiger partial charge in [0.1, 0.15) is 34.7 Å². The van der Waals surface area contributed by atoms with Gasteiger partial charge in [-0.1, -0.05) is 12.1 Å². The Kier molecular flexibility index (Phi) is 6.55. The summed E-state index contributed by atoms with van der Waals surface area (Å²) in [6, 6.07) is 2.38. The number of aromatic nitrogens is 4. The summed E-state index contributed by atoms with van der Waals surface area (Å²) in [5.74, 6) is -1.86. The number of carbonyl (C=O) groups excluding carboxylic acids is 2. The number of aliphatic carboxylic acids is 1. The van der Waals surface area contributed by atoms with Crippen LogP contribution in [-0.2, 0) is 32.2 Å². The summed E-state index contributed by atoms with van der Waals surface area (Å²) in [4.78, 5) is 48.7. The number of nitrogens with zero attached hydrogens (tertiary/aromatic N) is 5. The lowest BCUT2D eigenvalue weighted by Crippen LogP contribution is -2.71. The number of hydrogen-bond donors (Lipinski definition) is 4. The number of fused-ring (bicyclic) bond motifs is 2. The average Bonchev–Trinajstić information content (AvgIpc) is 3.50. The molecular weight excluding hydrogens is 520 g/mol. The normalized spacial score (nSPS) is 19.6. The Morgan fingerprint density at radius 3 is 2.95 bits per heavy atom. The van der Waals surface area contributed by atoms with E-state index in [1.165, 1.54) is 29.8 Å². The number of pyridine rings is 1. The average molecular weight is 544 g/mol. The minimum absolute atomic E-state index is 0.0579. The molecule has 15 heteroatoms. The summed E-state index contributed by atoms with van der Waals surface area (Å²) < 4.78 is 2.90. The molecule has 2 amide bonds. The van der Waals surface area contributed by atoms with Gasteiger partial charge >= 0.3 is 5.97 Å². The largest absolute Gasteiger partial charge is 0.477 e. The monoisotopic (exact) mass is 543 g/mol. The molecule has 5 N–H and O–H groups in total. The number of rotatable bonds is 8. The minimum atomic E-state index is -1.19. The molecule has 0 aromatic carbocycles. The van der Waals surface area contributed by atoms with E-state index < -0.39 is 29.2 Å². The number of anilines is 1. The van der Waals surface area contributed by atoms with Crippen molar-refractivity contribution in [3.05, 3.63) is 46.5 Å². The van der Waals surface area contributed by atoms with Crippen molar-refractivity contribution >= 4 is 62.6 Å². The molecule has 5 rings (SSSR count). The number of nitrogen functional groups attached to an aromatic ring is 1. The molecule has 37 heavy (non-hydrogen) atoms. The van der Waals surface area contributed by atoms with Gasteiger partial charge in [0.15, 0.2) is 24.7 Å². The molecule has 192 valence electrons. The number of nitrogens with two attached hydrogens (primary N) is 1. The lowest BCUT2D eigenvalue weighted by molar-refractivity contribution is -0.687. The SMILES string of the molecule is CCc1nc2cc[n+](CC3=C(C(=O)O)N4C(=O)C(NC(=O)C(=NOC)c5cc(N)n[nH]5)[C@@H]4SC3)cc2s1. The third-order valence-electron chi connectivity index (χ3n) is 5.90. The molecule has 1 saturated heterocycles. The second-order valence-corrected chi connectivity index (χ2v) is 10.5. The Morgan fingerprint density at radius 2 is 2.27 bits per heavy atom. The summed E-state index contributed by atoms with van der Waals surface area (Å²) >= 11 is 2.98. The number of amides is 2. The van der Waals surface area contributed by atoms with Crippen LogP contribution in [-0.4, -0.2) is 73.0 Å². The maximum Gasteiger partial charge on any atom is 0.352 e. The fourth-order valence-electron chi connectivity index (χ4n) is 4.21. The van der Waals surface area contributed by atoms with Crippen LogP contribution in [0.5, 0.6) is 0 Å². The maximum absolute atomic E-state index is 13.1. The first-order valence-electron chi connectivity index (χ1n) is 11.2. The first-order chi connectivity index (χ1) is 17.8. The molecule has 3 aromatic rings. The number of thioether (sulfide) groups is 1. The van der Waals surface area contributed by atoms with E-state index in [2.05, 4.69) is 25.7 Å². The molecule has 2 aliphatic rings. The molecule has 3 aromatic heterocycles. The van der Waals surface area contributed by atoms with Gasteiger partial charge in [-0.25, -0.2) is 9.78 Å². The molecule has 2 atom stereocenters. The van der Waals surface area contributed by atoms with Gasteiger partial charge in [0.2, 0.25) is 0 Å². The second-order valence-electron chi connectivity index (χ2n) is 8.28. The van der Waals surface area contributed by atoms with Gasteiger partial charge in [-0.15, -0.1) is 23.1 Å². The van der Waals surface area contributed by atoms with Crippen molar-refractivity contribution in [1.82, 2.24) is 25.4 Å². The third kappa shape index (κ3) is 4.51. The van der Waals surface area contributed by atoms with E-state index in [0.717, 1.165) is 21.6 Å². The standard InChI is InChI=1S/C22H22N8O5S2/c1-3-15-24-11-4-5-29(8-13(11)37-15)7-10-9-36-21-17(20(32)30(21)18(10)22(33)34)25-19(31)16(28-35-2)12-6-14(23)27-26-12/h4-6,8,17,21H,3,7,9H2,1-2H3,(H4-,23,25,26,27,28,31,33,34)/p+1/t17?,21-/m0/s1. The highest BCUT2D eigenvalue weighted by Gasteiger charge is 2.54. The topological polar surface area (TPSA) is 180 Å². The zero-order valence-electron chi connectivity index (χ0n) is 19.8. The summed E-state index contributed by atoms with van der Waals surface area (Å²) in [6.07, 6.45) is 4.63. The zero-order chi connectivity index (χ0) is 26.3. The summed E-state index contributed by atoms with van der Waals surface area (Å²) in [7, 11) is 1.28. The van der Waals surface area contributed by atoms with Crippen molar-refractivity contribution in [3.63, 3.8) is 0 Å². The van der Waals surface area contributed by atoms with Crippen LogP contribution in [0.4, 0.5) is 5.82 Å². The van der Waals surface area contributed by atoms with Crippen LogP contribution in [0.3, 0.4) is 0 Å². The third-order valence-corrected chi connectivity index (χ3v) is 8.38. The number of oxime groups is 1. The predicted molar refractivity (Wildman–Crippen MR) is 135 cm³/mol. The number of H-pyrrole nitrogens is 1. The van der Waals surface area contributed by atoms with Crippen LogP contribution >= 0.6 is 23.1 Å². The maximum atomic E-state index is 13.1. The smallest absolute Gasteiger partial charge is 0.352 e. The highest BCUT2D eigenvalue weighted by atomic mass is 32.2. The van der Waals surface area contributed by atoms with Crippen LogP contribution in [0.15, 0.2) is 41.0 Å². The highest BCUT2D eigenvalue weighted by molar-refractivity contribution is 8.00. The number of carbonyl (C=O) groups is 3. The highest BCUT2D eigenvalue weighted by Crippen LogP contribution is 2.40. The van der Waals surface area contributed by atoms with E-state index >= 15 is 0 Å². The van der Waals surface area contributed by atoms with Crippen molar-refractivity contribution in [3.8, 4) is 0 Å². The first-order valence-corrected chi connectivity index (χ1v) is 13.1. The van der Waals surface area contributed by atoms with E-state index in [-0.39, 0.29) is 22.9 Å². The number of carboxylic acid groups (broad SMARTS) is 1. The van der Waals surface area contributed by atoms with Gasteiger partial charge in [-0.05, 0) is 6.42 Å². The molecule has 0 aliphatic carbocycles. The van der Waals surface area contributed by atoms with E-state index in [1.54, 1.807) is 11.3 Å². The number of aryl methyl sites for hydroxylation is 1. The minimum Gasteiger partial charge on any atom is -0.477 e. The van der Waals surface area contributed by atoms with Gasteiger partial charge < -0.3 is 21.0 Å². The van der Waals surface area contributed by atoms with Gasteiger partial charge in [-0.2, -0.15) is 9.67 Å². The number of hydrogen-bond acceptors (Lipinski definition) is 10. The van der Waals surface area contributed by atoms with Crippen LogP contribution < -0.4 is 15.6 Å². The lowest BCUT2D eigenvalue weighted by atomic mass is 10.0. The number of aromatic amines is 1. The number of thiazole rings is 1. The summed E-state index contributed by atoms with van der Waals surface area (Å²) in [6.45, 7) is 2.35. The summed E-state index contributed by atoms with van der Waals surface area (Å²) in [5.41, 5.74) is 7.12. The quantitative estimate of drug-likeness (QED) is 0.134. The van der Waals surface area contributed by atoms with E-state index in [9.17, 15) is 19.5 Å². The Balaban J connectivity index is 1.35. The van der Waals surface area contributed by atoms with Gasteiger partial charge in [0, 0.05) is 23.5 Å².